The van der Waals surface area contributed by atoms with Gasteiger partial charge in [0, 0.05) is 0 Å². The second-order valence-electron chi connectivity index (χ2n) is 4.12. The molecule has 0 aliphatic carbocycles. The quantitative estimate of drug-likeness (QED) is 0.784. The van der Waals surface area contributed by atoms with Crippen LogP contribution in [0.3, 0.4) is 0 Å². The molecule has 0 aliphatic heterocycles. The fourth-order valence-corrected chi connectivity index (χ4v) is 1.93. The molecule has 0 amide bonds. The standard InChI is InChI=1S/C13H11F3N2O/c1-8-11(12(19)13(14,15)16)9(2)18(17-8)10-6-4-3-5-7-10/h3-7H,1-2H3. The molecule has 0 bridgehead atoms. The van der Waals surface area contributed by atoms with Crippen LogP contribution in [0.25, 0.3) is 5.69 Å². The Bertz CT molecular complexity index is 615. The number of benzene rings is 1. The van der Waals surface area contributed by atoms with E-state index in [4.69, 9.17) is 0 Å². The minimum absolute atomic E-state index is 0.0729. The van der Waals surface area contributed by atoms with Crippen LogP contribution in [0, 0.1) is 13.8 Å². The van der Waals surface area contributed by atoms with Crippen LogP contribution >= 0.6 is 0 Å². The number of carbonyl (C=O) groups is 1. The van der Waals surface area contributed by atoms with E-state index in [0.29, 0.717) is 5.69 Å². The molecule has 0 saturated carbocycles. The average Bonchev–Trinajstić information content (AvgIpc) is 2.64. The maximum atomic E-state index is 12.5. The van der Waals surface area contributed by atoms with Crippen molar-refractivity contribution < 1.29 is 18.0 Å². The van der Waals surface area contributed by atoms with Crippen LogP contribution < -0.4 is 0 Å². The van der Waals surface area contributed by atoms with E-state index in [1.54, 1.807) is 30.3 Å². The van der Waals surface area contributed by atoms with Crippen molar-refractivity contribution in [2.24, 2.45) is 0 Å². The summed E-state index contributed by atoms with van der Waals surface area (Å²) < 4.78 is 38.9. The number of Topliss-reactive ketones (excluding diaryl/α,β-unsaturated/α-hetero) is 1. The zero-order valence-corrected chi connectivity index (χ0v) is 10.3. The smallest absolute Gasteiger partial charge is 0.284 e. The van der Waals surface area contributed by atoms with Gasteiger partial charge >= 0.3 is 6.18 Å². The summed E-state index contributed by atoms with van der Waals surface area (Å²) in [4.78, 5) is 11.4. The summed E-state index contributed by atoms with van der Waals surface area (Å²) in [6, 6.07) is 8.70. The van der Waals surface area contributed by atoms with Crippen molar-refractivity contribution in [1.82, 2.24) is 9.78 Å². The summed E-state index contributed by atoms with van der Waals surface area (Å²) in [6.45, 7) is 2.84. The molecular formula is C13H11F3N2O. The molecule has 2 rings (SSSR count). The number of hydrogen-bond donors (Lipinski definition) is 0. The highest BCUT2D eigenvalue weighted by Gasteiger charge is 2.42. The van der Waals surface area contributed by atoms with E-state index >= 15 is 0 Å². The molecule has 6 heteroatoms. The Labute approximate surface area is 107 Å². The molecule has 1 aromatic heterocycles. The summed E-state index contributed by atoms with van der Waals surface area (Å²) in [5.74, 6) is -1.86. The van der Waals surface area contributed by atoms with E-state index in [-0.39, 0.29) is 17.0 Å². The second-order valence-corrected chi connectivity index (χ2v) is 4.12. The molecule has 1 heterocycles. The van der Waals surface area contributed by atoms with Crippen molar-refractivity contribution in [3.8, 4) is 5.69 Å². The lowest BCUT2D eigenvalue weighted by molar-refractivity contribution is -0.0886. The number of rotatable bonds is 2. The predicted octanol–water partition coefficient (Wildman–Crippen LogP) is 3.23. The number of aromatic nitrogens is 2. The minimum atomic E-state index is -4.89. The highest BCUT2D eigenvalue weighted by atomic mass is 19.4. The molecule has 0 atom stereocenters. The van der Waals surface area contributed by atoms with Crippen molar-refractivity contribution >= 4 is 5.78 Å². The average molecular weight is 268 g/mol. The highest BCUT2D eigenvalue weighted by molar-refractivity contribution is 6.02. The molecule has 0 N–H and O–H groups in total. The van der Waals surface area contributed by atoms with Gasteiger partial charge in [-0.15, -0.1) is 0 Å². The second kappa shape index (κ2) is 4.53. The van der Waals surface area contributed by atoms with Crippen molar-refractivity contribution in [3.05, 3.63) is 47.3 Å². The Kier molecular flexibility index (Phi) is 3.18. The molecule has 0 radical (unpaired) electrons. The number of hydrogen-bond acceptors (Lipinski definition) is 2. The lowest BCUT2D eigenvalue weighted by Gasteiger charge is -2.06. The molecule has 100 valence electrons. The van der Waals surface area contributed by atoms with Gasteiger partial charge in [-0.3, -0.25) is 4.79 Å². The third-order valence-corrected chi connectivity index (χ3v) is 2.78. The number of alkyl halides is 3. The van der Waals surface area contributed by atoms with E-state index in [1.807, 2.05) is 0 Å². The molecular weight excluding hydrogens is 257 g/mol. The van der Waals surface area contributed by atoms with Crippen LogP contribution in [-0.4, -0.2) is 21.7 Å². The summed E-state index contributed by atoms with van der Waals surface area (Å²) in [6.07, 6.45) is -4.89. The Hall–Kier alpha value is -2.11. The molecule has 1 aromatic carbocycles. The molecule has 3 nitrogen and oxygen atoms in total. The van der Waals surface area contributed by atoms with E-state index in [2.05, 4.69) is 5.10 Å². The van der Waals surface area contributed by atoms with Crippen LogP contribution in [0.15, 0.2) is 30.3 Å². The molecule has 0 aliphatic rings. The summed E-state index contributed by atoms with van der Waals surface area (Å²) >= 11 is 0. The monoisotopic (exact) mass is 268 g/mol. The van der Waals surface area contributed by atoms with E-state index in [0.717, 1.165) is 0 Å². The number of nitrogens with zero attached hydrogens (tertiary/aromatic N) is 2. The van der Waals surface area contributed by atoms with Gasteiger partial charge < -0.3 is 0 Å². The first-order valence-electron chi connectivity index (χ1n) is 5.55. The zero-order valence-electron chi connectivity index (χ0n) is 10.3. The Morgan fingerprint density at radius 2 is 1.74 bits per heavy atom. The molecule has 2 aromatic rings. The fraction of sp³-hybridized carbons (Fsp3) is 0.231. The summed E-state index contributed by atoms with van der Waals surface area (Å²) in [5, 5.41) is 4.01. The van der Waals surface area contributed by atoms with Crippen LogP contribution in [0.4, 0.5) is 13.2 Å². The van der Waals surface area contributed by atoms with Crippen molar-refractivity contribution in [1.29, 1.82) is 0 Å². The van der Waals surface area contributed by atoms with E-state index < -0.39 is 12.0 Å². The fourth-order valence-electron chi connectivity index (χ4n) is 1.93. The Balaban J connectivity index is 2.56. The summed E-state index contributed by atoms with van der Waals surface area (Å²) in [7, 11) is 0. The van der Waals surface area contributed by atoms with Crippen LogP contribution in [0.1, 0.15) is 21.7 Å². The SMILES string of the molecule is Cc1nn(-c2ccccc2)c(C)c1C(=O)C(F)(F)F. The number of halogens is 3. The van der Waals surface area contributed by atoms with Gasteiger partial charge in [0.2, 0.25) is 0 Å². The first kappa shape index (κ1) is 13.3. The van der Waals surface area contributed by atoms with Gasteiger partial charge in [-0.05, 0) is 26.0 Å². The molecule has 0 unspecified atom stereocenters. The van der Waals surface area contributed by atoms with Gasteiger partial charge in [0.25, 0.3) is 5.78 Å². The number of carbonyl (C=O) groups excluding carboxylic acids is 1. The van der Waals surface area contributed by atoms with Crippen molar-refractivity contribution in [2.75, 3.05) is 0 Å². The third-order valence-electron chi connectivity index (χ3n) is 2.78. The summed E-state index contributed by atoms with van der Waals surface area (Å²) in [5.41, 5.74) is 0.496. The zero-order chi connectivity index (χ0) is 14.2. The van der Waals surface area contributed by atoms with Gasteiger partial charge in [-0.25, -0.2) is 4.68 Å². The van der Waals surface area contributed by atoms with Gasteiger partial charge in [-0.1, -0.05) is 18.2 Å². The van der Waals surface area contributed by atoms with Gasteiger partial charge in [0.15, 0.2) is 0 Å². The first-order chi connectivity index (χ1) is 8.82. The molecule has 0 fully saturated rings. The Morgan fingerprint density at radius 3 is 2.26 bits per heavy atom. The van der Waals surface area contributed by atoms with Crippen molar-refractivity contribution in [3.63, 3.8) is 0 Å². The van der Waals surface area contributed by atoms with Gasteiger partial charge in [-0.2, -0.15) is 18.3 Å². The predicted molar refractivity (Wildman–Crippen MR) is 63.4 cm³/mol. The topological polar surface area (TPSA) is 34.9 Å². The molecule has 19 heavy (non-hydrogen) atoms. The van der Waals surface area contributed by atoms with E-state index in [1.165, 1.54) is 18.5 Å². The lowest BCUT2D eigenvalue weighted by atomic mass is 10.1. The minimum Gasteiger partial charge on any atom is -0.284 e. The maximum absolute atomic E-state index is 12.5. The lowest BCUT2D eigenvalue weighted by Crippen LogP contribution is -2.24. The maximum Gasteiger partial charge on any atom is 0.455 e. The van der Waals surface area contributed by atoms with Crippen LogP contribution in [0.2, 0.25) is 0 Å². The van der Waals surface area contributed by atoms with Crippen LogP contribution in [-0.2, 0) is 0 Å². The molecule has 0 spiro atoms. The van der Waals surface area contributed by atoms with E-state index in [9.17, 15) is 18.0 Å². The normalized spacial score (nSPS) is 11.6. The first-order valence-corrected chi connectivity index (χ1v) is 5.55. The third kappa shape index (κ3) is 2.38. The number of para-hydroxylation sites is 1. The Morgan fingerprint density at radius 1 is 1.16 bits per heavy atom. The van der Waals surface area contributed by atoms with Gasteiger partial charge in [0.05, 0.1) is 22.6 Å². The van der Waals surface area contributed by atoms with Gasteiger partial charge in [0.1, 0.15) is 0 Å². The van der Waals surface area contributed by atoms with Crippen LogP contribution in [0.5, 0.6) is 0 Å². The number of aryl methyl sites for hydroxylation is 1. The highest BCUT2D eigenvalue weighted by Crippen LogP contribution is 2.26. The molecule has 0 saturated heterocycles. The van der Waals surface area contributed by atoms with Crippen molar-refractivity contribution in [2.45, 2.75) is 20.0 Å². The number of ketones is 1. The largest absolute Gasteiger partial charge is 0.455 e.